The van der Waals surface area contributed by atoms with Gasteiger partial charge in [-0.3, -0.25) is 9.62 Å². The van der Waals surface area contributed by atoms with Crippen LogP contribution < -0.4 is 9.62 Å². The number of aromatic nitrogens is 1. The Morgan fingerprint density at radius 1 is 1.00 bits per heavy atom. The minimum absolute atomic E-state index is 0.0202. The first kappa shape index (κ1) is 23.3. The number of nitrogens with zero attached hydrogens (tertiary/aromatic N) is 3. The summed E-state index contributed by atoms with van der Waals surface area (Å²) in [5.41, 5.74) is 0.902. The molecule has 3 aromatic rings. The molecule has 0 saturated carbocycles. The van der Waals surface area contributed by atoms with E-state index in [2.05, 4.69) is 5.32 Å². The van der Waals surface area contributed by atoms with Crippen LogP contribution in [0.25, 0.3) is 0 Å². The number of amides is 2. The van der Waals surface area contributed by atoms with Gasteiger partial charge in [-0.2, -0.15) is 0 Å². The molecule has 1 spiro atoms. The fourth-order valence-corrected chi connectivity index (χ4v) is 6.63. The maximum atomic E-state index is 13.5. The molecule has 0 unspecified atom stereocenters. The Bertz CT molecular complexity index is 1350. The van der Waals surface area contributed by atoms with Gasteiger partial charge in [-0.05, 0) is 48.7 Å². The number of para-hydroxylation sites is 1. The number of urea groups is 1. The number of sulfonamides is 1. The minimum Gasteiger partial charge on any atom is -0.338 e. The number of likely N-dealkylation sites (tertiary alicyclic amines) is 1. The van der Waals surface area contributed by atoms with Gasteiger partial charge in [0.25, 0.3) is 16.4 Å². The van der Waals surface area contributed by atoms with E-state index in [1.807, 2.05) is 42.1 Å². The normalized spacial score (nSPS) is 17.1. The number of benzene rings is 2. The summed E-state index contributed by atoms with van der Waals surface area (Å²) in [6, 6.07) is 15.7. The maximum Gasteiger partial charge on any atom is 0.322 e. The molecule has 2 aliphatic rings. The van der Waals surface area contributed by atoms with Gasteiger partial charge in [0.15, 0.2) is 0 Å². The highest BCUT2D eigenvalue weighted by atomic mass is 32.2. The van der Waals surface area contributed by atoms with Gasteiger partial charge in [0.05, 0.1) is 10.6 Å². The largest absolute Gasteiger partial charge is 0.338 e. The first-order valence-corrected chi connectivity index (χ1v) is 12.8. The Balaban J connectivity index is 1.37. The summed E-state index contributed by atoms with van der Waals surface area (Å²) in [5.74, 6) is 0.705. The lowest BCUT2D eigenvalue weighted by Gasteiger charge is -2.39. The molecule has 3 heterocycles. The number of nitrogens with one attached hydrogen (secondary N) is 1. The summed E-state index contributed by atoms with van der Waals surface area (Å²) in [7, 11) is -2.09. The van der Waals surface area contributed by atoms with Gasteiger partial charge in [0.2, 0.25) is 0 Å². The summed E-state index contributed by atoms with van der Waals surface area (Å²) >= 11 is 0. The van der Waals surface area contributed by atoms with E-state index >= 15 is 0 Å². The van der Waals surface area contributed by atoms with E-state index < -0.39 is 21.9 Å². The zero-order chi connectivity index (χ0) is 24.8. The van der Waals surface area contributed by atoms with Crippen molar-refractivity contribution in [3.63, 3.8) is 0 Å². The molecule has 2 aliphatic heterocycles. The number of alkyl halides is 2. The molecule has 35 heavy (non-hydrogen) atoms. The fraction of sp³-hybridized carbons (Fsp3) is 0.320. The fourth-order valence-electron chi connectivity index (χ4n) is 5.06. The van der Waals surface area contributed by atoms with E-state index in [1.54, 1.807) is 17.0 Å². The predicted octanol–water partition coefficient (Wildman–Crippen LogP) is 4.74. The molecule has 1 N–H and O–H groups in total. The third kappa shape index (κ3) is 4.05. The monoisotopic (exact) mass is 500 g/mol. The molecule has 5 rings (SSSR count). The van der Waals surface area contributed by atoms with Crippen molar-refractivity contribution >= 4 is 27.6 Å². The molecule has 7 nitrogen and oxygen atoms in total. The number of carbonyl (C=O) groups excluding carboxylic acids is 1. The molecule has 184 valence electrons. The van der Waals surface area contributed by atoms with E-state index in [1.165, 1.54) is 16.4 Å². The van der Waals surface area contributed by atoms with Crippen LogP contribution in [0.2, 0.25) is 0 Å². The van der Waals surface area contributed by atoms with E-state index in [4.69, 9.17) is 0 Å². The zero-order valence-electron chi connectivity index (χ0n) is 19.2. The molecule has 1 saturated heterocycles. The first-order chi connectivity index (χ1) is 16.7. The van der Waals surface area contributed by atoms with Gasteiger partial charge in [-0.15, -0.1) is 0 Å². The second-order valence-electron chi connectivity index (χ2n) is 9.10. The average Bonchev–Trinajstić information content (AvgIpc) is 3.41. The van der Waals surface area contributed by atoms with Crippen LogP contribution in [0, 0.1) is 0 Å². The molecule has 1 aromatic heterocycles. The van der Waals surface area contributed by atoms with Crippen molar-refractivity contribution in [3.05, 3.63) is 78.0 Å². The Morgan fingerprint density at radius 2 is 1.69 bits per heavy atom. The quantitative estimate of drug-likeness (QED) is 0.563. The van der Waals surface area contributed by atoms with Crippen LogP contribution in [-0.2, 0) is 22.5 Å². The standard InChI is InChI=1S/C25H26F2N4O3S/c1-29-14-4-7-22(29)28-24(32)30-15-12-25(13-16-30)17-31(21-6-3-2-5-20(21)25)35(33,34)19-10-8-18(9-11-19)23(26)27/h2-11,14,23H,12-13,15-17H2,1H3,(H,28,32). The van der Waals surface area contributed by atoms with Crippen molar-refractivity contribution in [2.45, 2.75) is 29.6 Å². The van der Waals surface area contributed by atoms with Crippen LogP contribution in [-0.4, -0.2) is 43.6 Å². The van der Waals surface area contributed by atoms with Crippen LogP contribution in [0.15, 0.2) is 71.8 Å². The zero-order valence-corrected chi connectivity index (χ0v) is 20.0. The molecule has 0 aliphatic carbocycles. The molecule has 0 radical (unpaired) electrons. The number of anilines is 2. The highest BCUT2D eigenvalue weighted by Crippen LogP contribution is 2.48. The smallest absolute Gasteiger partial charge is 0.322 e. The summed E-state index contributed by atoms with van der Waals surface area (Å²) in [4.78, 5) is 14.5. The molecule has 0 bridgehead atoms. The lowest BCUT2D eigenvalue weighted by Crippen LogP contribution is -2.49. The Morgan fingerprint density at radius 3 is 2.31 bits per heavy atom. The molecule has 10 heteroatoms. The molecular formula is C25H26F2N4O3S. The lowest BCUT2D eigenvalue weighted by molar-refractivity contribution is 0.151. The Hall–Kier alpha value is -3.40. The molecular weight excluding hydrogens is 474 g/mol. The van der Waals surface area contributed by atoms with Gasteiger partial charge in [0.1, 0.15) is 5.82 Å². The van der Waals surface area contributed by atoms with Crippen molar-refractivity contribution < 1.29 is 22.0 Å². The van der Waals surface area contributed by atoms with Gasteiger partial charge in [-0.25, -0.2) is 22.0 Å². The van der Waals surface area contributed by atoms with Crippen LogP contribution >= 0.6 is 0 Å². The van der Waals surface area contributed by atoms with Crippen molar-refractivity contribution in [2.24, 2.45) is 7.05 Å². The molecule has 2 amide bonds. The number of aryl methyl sites for hydroxylation is 1. The van der Waals surface area contributed by atoms with E-state index in [-0.39, 0.29) is 23.0 Å². The van der Waals surface area contributed by atoms with Gasteiger partial charge < -0.3 is 9.47 Å². The number of fused-ring (bicyclic) bond motifs is 2. The molecule has 2 aromatic carbocycles. The second-order valence-corrected chi connectivity index (χ2v) is 11.0. The maximum absolute atomic E-state index is 13.5. The second kappa shape index (κ2) is 8.67. The van der Waals surface area contributed by atoms with Gasteiger partial charge in [0, 0.05) is 43.9 Å². The number of hydrogen-bond acceptors (Lipinski definition) is 3. The Labute approximate surface area is 203 Å². The van der Waals surface area contributed by atoms with Crippen LogP contribution in [0.1, 0.15) is 30.4 Å². The van der Waals surface area contributed by atoms with Crippen molar-refractivity contribution in [1.82, 2.24) is 9.47 Å². The van der Waals surface area contributed by atoms with Crippen molar-refractivity contribution in [3.8, 4) is 0 Å². The lowest BCUT2D eigenvalue weighted by atomic mass is 9.74. The number of piperidine rings is 1. The van der Waals surface area contributed by atoms with Crippen molar-refractivity contribution in [1.29, 1.82) is 0 Å². The predicted molar refractivity (Wildman–Crippen MR) is 129 cm³/mol. The van der Waals surface area contributed by atoms with Crippen LogP contribution in [0.3, 0.4) is 0 Å². The highest BCUT2D eigenvalue weighted by molar-refractivity contribution is 7.92. The van der Waals surface area contributed by atoms with Crippen molar-refractivity contribution in [2.75, 3.05) is 29.3 Å². The van der Waals surface area contributed by atoms with E-state index in [0.29, 0.717) is 37.4 Å². The summed E-state index contributed by atoms with van der Waals surface area (Å²) < 4.78 is 56.2. The number of rotatable bonds is 4. The van der Waals surface area contributed by atoms with Gasteiger partial charge >= 0.3 is 6.03 Å². The first-order valence-electron chi connectivity index (χ1n) is 11.4. The topological polar surface area (TPSA) is 74.7 Å². The van der Waals surface area contributed by atoms with E-state index in [9.17, 15) is 22.0 Å². The SMILES string of the molecule is Cn1cccc1NC(=O)N1CCC2(CC1)CN(S(=O)(=O)c1ccc(C(F)F)cc1)c1ccccc12. The van der Waals surface area contributed by atoms with Crippen LogP contribution in [0.5, 0.6) is 0 Å². The average molecular weight is 501 g/mol. The van der Waals surface area contributed by atoms with Crippen LogP contribution in [0.4, 0.5) is 25.1 Å². The number of hydrogen-bond donors (Lipinski definition) is 1. The number of halogens is 2. The summed E-state index contributed by atoms with van der Waals surface area (Å²) in [6.45, 7) is 1.22. The molecule has 1 fully saturated rings. The third-order valence-electron chi connectivity index (χ3n) is 7.10. The number of carbonyl (C=O) groups is 1. The molecule has 0 atom stereocenters. The Kier molecular flexibility index (Phi) is 5.79. The summed E-state index contributed by atoms with van der Waals surface area (Å²) in [6.07, 6.45) is 0.417. The highest BCUT2D eigenvalue weighted by Gasteiger charge is 2.48. The summed E-state index contributed by atoms with van der Waals surface area (Å²) in [5, 5.41) is 2.92. The van der Waals surface area contributed by atoms with E-state index in [0.717, 1.165) is 17.7 Å². The van der Waals surface area contributed by atoms with Gasteiger partial charge in [-0.1, -0.05) is 30.3 Å². The third-order valence-corrected chi connectivity index (χ3v) is 8.87. The minimum atomic E-state index is -3.95.